The van der Waals surface area contributed by atoms with Crippen LogP contribution in [-0.2, 0) is 38.1 Å². The first kappa shape index (κ1) is 35.1. The fraction of sp³-hybridized carbons (Fsp3) is 0.900. The molecule has 2 atom stereocenters. The number of carbonyl (C=O) groups is 2. The fourth-order valence-electron chi connectivity index (χ4n) is 2.17. The molecular weight excluding hydrogens is 556 g/mol. The average molecular weight is 597 g/mol. The molecule has 0 bridgehead atoms. The Balaban J connectivity index is 5.04. The Morgan fingerprint density at radius 2 is 1.00 bits per heavy atom. The van der Waals surface area contributed by atoms with E-state index in [2.05, 4.69) is 10.6 Å². The third-order valence-corrected chi connectivity index (χ3v) is 8.03. The molecule has 2 amide bonds. The summed E-state index contributed by atoms with van der Waals surface area (Å²) in [5.74, 6) is 0. The smallest absolute Gasteiger partial charge is 0.407 e. The predicted molar refractivity (Wildman–Crippen MR) is 142 cm³/mol. The highest BCUT2D eigenvalue weighted by molar-refractivity contribution is 8.77. The van der Waals surface area contributed by atoms with Gasteiger partial charge in [0.1, 0.15) is 11.2 Å². The van der Waals surface area contributed by atoms with E-state index >= 15 is 0 Å². The van der Waals surface area contributed by atoms with Gasteiger partial charge in [0.15, 0.2) is 0 Å². The van der Waals surface area contributed by atoms with Crippen LogP contribution in [0.15, 0.2) is 0 Å². The second-order valence-corrected chi connectivity index (χ2v) is 16.0. The molecule has 0 rings (SSSR count). The van der Waals surface area contributed by atoms with Crippen LogP contribution in [0.4, 0.5) is 9.59 Å². The van der Waals surface area contributed by atoms with Crippen molar-refractivity contribution in [1.29, 1.82) is 0 Å². The number of hydrogen-bond donors (Lipinski definition) is 2. The van der Waals surface area contributed by atoms with E-state index in [1.165, 1.54) is 21.6 Å². The van der Waals surface area contributed by atoms with Crippen LogP contribution < -0.4 is 10.6 Å². The van der Waals surface area contributed by atoms with Gasteiger partial charge in [0, 0.05) is 23.6 Å². The number of nitrogens with one attached hydrogen (secondary N) is 2. The first-order valence-electron chi connectivity index (χ1n) is 11.1. The number of ether oxygens (including phenoxy) is 2. The molecule has 0 heterocycles. The summed E-state index contributed by atoms with van der Waals surface area (Å²) < 4.78 is 66.1. The van der Waals surface area contributed by atoms with Gasteiger partial charge in [-0.3, -0.25) is 8.37 Å². The molecule has 0 aromatic heterocycles. The van der Waals surface area contributed by atoms with Crippen molar-refractivity contribution >= 4 is 54.0 Å². The normalized spacial score (nSPS) is 14.6. The Morgan fingerprint density at radius 3 is 1.25 bits per heavy atom. The number of amides is 2. The summed E-state index contributed by atoms with van der Waals surface area (Å²) in [6.07, 6.45) is 1.37. The van der Waals surface area contributed by atoms with Crippen molar-refractivity contribution in [1.82, 2.24) is 10.6 Å². The Labute approximate surface area is 223 Å². The van der Waals surface area contributed by atoms with Gasteiger partial charge in [0.2, 0.25) is 0 Å². The number of rotatable bonds is 15. The molecule has 0 fully saturated rings. The number of carbonyl (C=O) groups excluding carboxylic acids is 2. The Kier molecular flexibility index (Phi) is 15.1. The maximum atomic E-state index is 11.9. The average Bonchev–Trinajstić information content (AvgIpc) is 2.62. The van der Waals surface area contributed by atoms with Crippen molar-refractivity contribution in [3.63, 3.8) is 0 Å². The van der Waals surface area contributed by atoms with Crippen LogP contribution >= 0.6 is 21.6 Å². The topological polar surface area (TPSA) is 163 Å². The predicted octanol–water partition coefficient (Wildman–Crippen LogP) is 2.89. The van der Waals surface area contributed by atoms with Gasteiger partial charge in [-0.25, -0.2) is 9.59 Å². The van der Waals surface area contributed by atoms with E-state index in [-0.39, 0.29) is 36.8 Å². The van der Waals surface area contributed by atoms with Crippen LogP contribution in [0.3, 0.4) is 0 Å². The minimum absolute atomic E-state index is 0.150. The molecule has 36 heavy (non-hydrogen) atoms. The van der Waals surface area contributed by atoms with Gasteiger partial charge in [0.25, 0.3) is 20.2 Å². The molecule has 0 saturated carbocycles. The van der Waals surface area contributed by atoms with E-state index in [0.29, 0.717) is 12.8 Å². The van der Waals surface area contributed by atoms with Gasteiger partial charge in [-0.05, 0) is 54.4 Å². The second kappa shape index (κ2) is 15.5. The van der Waals surface area contributed by atoms with Crippen LogP contribution in [-0.4, -0.2) is 89.5 Å². The highest BCUT2D eigenvalue weighted by Gasteiger charge is 2.22. The molecule has 2 N–H and O–H groups in total. The van der Waals surface area contributed by atoms with Gasteiger partial charge in [-0.1, -0.05) is 21.6 Å². The van der Waals surface area contributed by atoms with Crippen LogP contribution in [0.5, 0.6) is 0 Å². The maximum absolute atomic E-state index is 11.9. The summed E-state index contributed by atoms with van der Waals surface area (Å²) in [5, 5.41) is 4.47. The Bertz CT molecular complexity index is 822. The van der Waals surface area contributed by atoms with E-state index in [4.69, 9.17) is 17.8 Å². The first-order chi connectivity index (χ1) is 16.2. The zero-order chi connectivity index (χ0) is 28.2. The van der Waals surface area contributed by atoms with Crippen molar-refractivity contribution in [2.45, 2.75) is 76.1 Å². The van der Waals surface area contributed by atoms with Crippen molar-refractivity contribution in [2.24, 2.45) is 0 Å². The lowest BCUT2D eigenvalue weighted by molar-refractivity contribution is 0.0515. The maximum Gasteiger partial charge on any atom is 0.407 e. The molecule has 0 aliphatic carbocycles. The van der Waals surface area contributed by atoms with Crippen LogP contribution in [0.1, 0.15) is 54.4 Å². The minimum atomic E-state index is -3.69. The lowest BCUT2D eigenvalue weighted by atomic mass is 10.2. The quantitative estimate of drug-likeness (QED) is 0.210. The van der Waals surface area contributed by atoms with Gasteiger partial charge >= 0.3 is 12.2 Å². The summed E-state index contributed by atoms with van der Waals surface area (Å²) in [6.45, 7) is 10.5. The van der Waals surface area contributed by atoms with Crippen LogP contribution in [0.25, 0.3) is 0 Å². The standard InChI is InChI=1S/C20H40N2O10S4/c1-19(2,3)31-17(23)21-11-9-15(13-29-35(7,25)26)33-34-16(14-30-36(8,27)28)10-12-22-18(24)32-20(4,5)6/h15-16H,9-14H2,1-8H3,(H,21,23)(H,22,24). The van der Waals surface area contributed by atoms with E-state index in [9.17, 15) is 26.4 Å². The molecule has 16 heteroatoms. The molecule has 0 aliphatic rings. The molecule has 0 aromatic rings. The molecule has 0 aromatic carbocycles. The number of alkyl carbamates (subject to hydrolysis) is 2. The van der Waals surface area contributed by atoms with E-state index in [0.717, 1.165) is 12.5 Å². The van der Waals surface area contributed by atoms with Crippen molar-refractivity contribution in [3.8, 4) is 0 Å². The minimum Gasteiger partial charge on any atom is -0.444 e. The molecule has 0 spiro atoms. The highest BCUT2D eigenvalue weighted by atomic mass is 33.1. The summed E-state index contributed by atoms with van der Waals surface area (Å²) in [6, 6.07) is 0. The fourth-order valence-corrected chi connectivity index (χ4v) is 6.01. The van der Waals surface area contributed by atoms with Crippen molar-refractivity contribution in [3.05, 3.63) is 0 Å². The monoisotopic (exact) mass is 596 g/mol. The molecule has 0 radical (unpaired) electrons. The summed E-state index contributed by atoms with van der Waals surface area (Å²) in [5.41, 5.74) is -1.32. The van der Waals surface area contributed by atoms with E-state index in [1.54, 1.807) is 41.5 Å². The molecule has 214 valence electrons. The molecular formula is C20H40N2O10S4. The van der Waals surface area contributed by atoms with E-state index < -0.39 is 43.6 Å². The first-order valence-corrected chi connectivity index (χ1v) is 17.0. The van der Waals surface area contributed by atoms with Gasteiger partial charge in [-0.15, -0.1) is 0 Å². The second-order valence-electron chi connectivity index (χ2n) is 9.85. The molecule has 12 nitrogen and oxygen atoms in total. The SMILES string of the molecule is CC(C)(C)OC(=O)NCCC(COS(C)(=O)=O)SSC(CCNC(=O)OC(C)(C)C)COS(C)(=O)=O. The zero-order valence-corrected chi connectivity index (χ0v) is 25.4. The van der Waals surface area contributed by atoms with E-state index in [1.807, 2.05) is 0 Å². The van der Waals surface area contributed by atoms with Crippen LogP contribution in [0, 0.1) is 0 Å². The lowest BCUT2D eigenvalue weighted by Crippen LogP contribution is -2.34. The van der Waals surface area contributed by atoms with Gasteiger partial charge < -0.3 is 20.1 Å². The van der Waals surface area contributed by atoms with Crippen LogP contribution in [0.2, 0.25) is 0 Å². The molecule has 0 aliphatic heterocycles. The summed E-state index contributed by atoms with van der Waals surface area (Å²) in [7, 11) is -4.84. The third-order valence-electron chi connectivity index (χ3n) is 3.53. The largest absolute Gasteiger partial charge is 0.444 e. The Morgan fingerprint density at radius 1 is 0.694 bits per heavy atom. The Hall–Kier alpha value is -0.940. The zero-order valence-electron chi connectivity index (χ0n) is 22.1. The van der Waals surface area contributed by atoms with Gasteiger partial charge in [0.05, 0.1) is 25.7 Å². The van der Waals surface area contributed by atoms with Gasteiger partial charge in [-0.2, -0.15) is 16.8 Å². The lowest BCUT2D eigenvalue weighted by Gasteiger charge is -2.22. The van der Waals surface area contributed by atoms with Crippen molar-refractivity contribution in [2.75, 3.05) is 38.8 Å². The van der Waals surface area contributed by atoms with Crippen molar-refractivity contribution < 1.29 is 44.3 Å². The molecule has 2 unspecified atom stereocenters. The number of hydrogen-bond acceptors (Lipinski definition) is 12. The summed E-state index contributed by atoms with van der Waals surface area (Å²) in [4.78, 5) is 23.7. The highest BCUT2D eigenvalue weighted by Crippen LogP contribution is 2.35. The summed E-state index contributed by atoms with van der Waals surface area (Å²) >= 11 is 0. The molecule has 0 saturated heterocycles. The third kappa shape index (κ3) is 23.5.